The lowest BCUT2D eigenvalue weighted by molar-refractivity contribution is 0.481. The molecule has 0 aromatic heterocycles. The first-order valence-corrected chi connectivity index (χ1v) is 6.78. The van der Waals surface area contributed by atoms with Crippen LogP contribution in [0.15, 0.2) is 40.9 Å². The fourth-order valence-corrected chi connectivity index (χ4v) is 2.38. The summed E-state index contributed by atoms with van der Waals surface area (Å²) in [6.07, 6.45) is 0. The fraction of sp³-hybridized carbons (Fsp3) is 0. The summed E-state index contributed by atoms with van der Waals surface area (Å²) >= 11 is 15.1. The molecule has 0 saturated heterocycles. The monoisotopic (exact) mass is 358 g/mol. The zero-order chi connectivity index (χ0) is 14.0. The molecule has 0 fully saturated rings. The number of rotatable bonds is 3. The Morgan fingerprint density at radius 2 is 1.74 bits per heavy atom. The molecule has 19 heavy (non-hydrogen) atoms. The van der Waals surface area contributed by atoms with Crippen LogP contribution in [-0.4, -0.2) is 5.84 Å². The van der Waals surface area contributed by atoms with Gasteiger partial charge in [-0.1, -0.05) is 39.1 Å². The lowest BCUT2D eigenvalue weighted by atomic mass is 10.2. The number of ether oxygens (including phenoxy) is 1. The second kappa shape index (κ2) is 5.82. The van der Waals surface area contributed by atoms with Crippen LogP contribution in [0.4, 0.5) is 0 Å². The minimum absolute atomic E-state index is 0.0792. The summed E-state index contributed by atoms with van der Waals surface area (Å²) in [6, 6.07) is 10.1. The van der Waals surface area contributed by atoms with E-state index >= 15 is 0 Å². The summed E-state index contributed by atoms with van der Waals surface area (Å²) in [5.74, 6) is 0.876. The maximum Gasteiger partial charge on any atom is 0.138 e. The third kappa shape index (κ3) is 3.62. The molecule has 0 bridgehead atoms. The minimum atomic E-state index is -0.0792. The molecular weight excluding hydrogens is 351 g/mol. The highest BCUT2D eigenvalue weighted by molar-refractivity contribution is 9.10. The van der Waals surface area contributed by atoms with E-state index in [1.807, 2.05) is 0 Å². The fourth-order valence-electron chi connectivity index (χ4n) is 1.52. The first-order chi connectivity index (χ1) is 8.95. The molecule has 2 aromatic rings. The maximum absolute atomic E-state index is 7.55. The Hall–Kier alpha value is -1.23. The zero-order valence-corrected chi connectivity index (χ0v) is 12.7. The smallest absolute Gasteiger partial charge is 0.138 e. The van der Waals surface area contributed by atoms with Crippen LogP contribution in [0.3, 0.4) is 0 Å². The molecule has 0 amide bonds. The number of nitrogens with one attached hydrogen (secondary N) is 1. The average molecular weight is 360 g/mol. The lowest BCUT2D eigenvalue weighted by Gasteiger charge is -2.11. The molecule has 3 nitrogen and oxygen atoms in total. The van der Waals surface area contributed by atoms with E-state index in [-0.39, 0.29) is 5.84 Å². The van der Waals surface area contributed by atoms with E-state index in [4.69, 9.17) is 39.1 Å². The van der Waals surface area contributed by atoms with Crippen molar-refractivity contribution in [2.24, 2.45) is 5.73 Å². The van der Waals surface area contributed by atoms with E-state index in [0.29, 0.717) is 27.1 Å². The van der Waals surface area contributed by atoms with Crippen molar-refractivity contribution in [2.45, 2.75) is 0 Å². The van der Waals surface area contributed by atoms with Gasteiger partial charge in [0.2, 0.25) is 0 Å². The number of hydrogen-bond donors (Lipinski definition) is 2. The number of benzene rings is 2. The van der Waals surface area contributed by atoms with Crippen molar-refractivity contribution >= 4 is 45.0 Å². The van der Waals surface area contributed by atoms with Gasteiger partial charge in [-0.15, -0.1) is 0 Å². The van der Waals surface area contributed by atoms with E-state index in [1.54, 1.807) is 36.4 Å². The number of halogens is 3. The van der Waals surface area contributed by atoms with Crippen LogP contribution in [0.2, 0.25) is 10.0 Å². The lowest BCUT2D eigenvalue weighted by Crippen LogP contribution is -2.12. The van der Waals surface area contributed by atoms with Crippen LogP contribution in [-0.2, 0) is 0 Å². The van der Waals surface area contributed by atoms with Gasteiger partial charge in [0.05, 0.1) is 5.56 Å². The van der Waals surface area contributed by atoms with Gasteiger partial charge in [-0.05, 0) is 36.4 Å². The van der Waals surface area contributed by atoms with Gasteiger partial charge >= 0.3 is 0 Å². The number of hydrogen-bond acceptors (Lipinski definition) is 2. The Kier molecular flexibility index (Phi) is 4.34. The summed E-state index contributed by atoms with van der Waals surface area (Å²) in [4.78, 5) is 0. The Labute approximate surface area is 128 Å². The molecule has 0 aliphatic heterocycles. The number of nitrogens with two attached hydrogens (primary N) is 1. The van der Waals surface area contributed by atoms with Crippen molar-refractivity contribution in [1.82, 2.24) is 0 Å². The Morgan fingerprint density at radius 3 is 2.32 bits per heavy atom. The maximum atomic E-state index is 7.55. The quantitative estimate of drug-likeness (QED) is 0.608. The summed E-state index contributed by atoms with van der Waals surface area (Å²) in [7, 11) is 0. The van der Waals surface area contributed by atoms with Crippen molar-refractivity contribution < 1.29 is 4.74 Å². The van der Waals surface area contributed by atoms with Gasteiger partial charge in [-0.3, -0.25) is 5.41 Å². The number of nitrogen functional groups attached to an aromatic ring is 1. The van der Waals surface area contributed by atoms with Gasteiger partial charge in [0.15, 0.2) is 0 Å². The summed E-state index contributed by atoms with van der Waals surface area (Å²) in [5.41, 5.74) is 6.02. The van der Waals surface area contributed by atoms with E-state index in [0.717, 1.165) is 4.47 Å². The van der Waals surface area contributed by atoms with Crippen molar-refractivity contribution in [3.05, 3.63) is 56.5 Å². The molecule has 0 aliphatic carbocycles. The molecule has 0 aliphatic rings. The molecule has 0 unspecified atom stereocenters. The molecule has 0 saturated carbocycles. The van der Waals surface area contributed by atoms with Crippen LogP contribution >= 0.6 is 39.1 Å². The second-order valence-corrected chi connectivity index (χ2v) is 5.55. The highest BCUT2D eigenvalue weighted by Gasteiger charge is 2.09. The molecule has 0 heterocycles. The van der Waals surface area contributed by atoms with Crippen molar-refractivity contribution in [3.8, 4) is 11.5 Å². The normalized spacial score (nSPS) is 10.3. The van der Waals surface area contributed by atoms with Gasteiger partial charge in [-0.2, -0.15) is 0 Å². The van der Waals surface area contributed by atoms with Crippen LogP contribution in [0, 0.1) is 5.41 Å². The van der Waals surface area contributed by atoms with Gasteiger partial charge in [0, 0.05) is 14.5 Å². The third-order valence-corrected chi connectivity index (χ3v) is 3.23. The SMILES string of the molecule is N=C(N)c1cc(Br)ccc1Oc1cc(Cl)cc(Cl)c1. The van der Waals surface area contributed by atoms with E-state index < -0.39 is 0 Å². The van der Waals surface area contributed by atoms with Gasteiger partial charge < -0.3 is 10.5 Å². The summed E-state index contributed by atoms with van der Waals surface area (Å²) < 4.78 is 6.49. The largest absolute Gasteiger partial charge is 0.456 e. The van der Waals surface area contributed by atoms with Crippen molar-refractivity contribution in [1.29, 1.82) is 5.41 Å². The predicted molar refractivity (Wildman–Crippen MR) is 81.7 cm³/mol. The molecule has 0 radical (unpaired) electrons. The molecule has 0 atom stereocenters. The third-order valence-electron chi connectivity index (χ3n) is 2.30. The molecule has 0 spiro atoms. The highest BCUT2D eigenvalue weighted by atomic mass is 79.9. The van der Waals surface area contributed by atoms with Crippen LogP contribution < -0.4 is 10.5 Å². The van der Waals surface area contributed by atoms with E-state index in [1.165, 1.54) is 0 Å². The highest BCUT2D eigenvalue weighted by Crippen LogP contribution is 2.31. The molecular formula is C13H9BrCl2N2O. The molecule has 6 heteroatoms. The van der Waals surface area contributed by atoms with Crippen LogP contribution in [0.5, 0.6) is 11.5 Å². The topological polar surface area (TPSA) is 59.1 Å². The summed E-state index contributed by atoms with van der Waals surface area (Å²) in [6.45, 7) is 0. The standard InChI is InChI=1S/C13H9BrCl2N2O/c14-7-1-2-12(11(3-7)13(17)18)19-10-5-8(15)4-9(16)6-10/h1-6H,(H3,17,18). The van der Waals surface area contributed by atoms with E-state index in [2.05, 4.69) is 15.9 Å². The Bertz CT molecular complexity index is 626. The predicted octanol–water partition coefficient (Wildman–Crippen LogP) is 4.83. The first-order valence-electron chi connectivity index (χ1n) is 5.23. The summed E-state index contributed by atoms with van der Waals surface area (Å²) in [5, 5.41) is 8.50. The Morgan fingerprint density at radius 1 is 1.11 bits per heavy atom. The van der Waals surface area contributed by atoms with E-state index in [9.17, 15) is 0 Å². The molecule has 2 rings (SSSR count). The second-order valence-electron chi connectivity index (χ2n) is 3.76. The van der Waals surface area contributed by atoms with Crippen LogP contribution in [0.25, 0.3) is 0 Å². The molecule has 2 aromatic carbocycles. The van der Waals surface area contributed by atoms with Crippen molar-refractivity contribution in [2.75, 3.05) is 0 Å². The molecule has 3 N–H and O–H groups in total. The van der Waals surface area contributed by atoms with Gasteiger partial charge in [0.25, 0.3) is 0 Å². The van der Waals surface area contributed by atoms with Gasteiger partial charge in [0.1, 0.15) is 17.3 Å². The first kappa shape index (κ1) is 14.2. The minimum Gasteiger partial charge on any atom is -0.456 e. The number of amidine groups is 1. The van der Waals surface area contributed by atoms with Crippen LogP contribution in [0.1, 0.15) is 5.56 Å². The van der Waals surface area contributed by atoms with Gasteiger partial charge in [-0.25, -0.2) is 0 Å². The zero-order valence-electron chi connectivity index (χ0n) is 9.58. The molecule has 98 valence electrons. The van der Waals surface area contributed by atoms with Crippen molar-refractivity contribution in [3.63, 3.8) is 0 Å². The Balaban J connectivity index is 2.40. The average Bonchev–Trinajstić information content (AvgIpc) is 2.30.